The lowest BCUT2D eigenvalue weighted by Crippen LogP contribution is -2.23. The fourth-order valence-electron chi connectivity index (χ4n) is 2.31. The lowest BCUT2D eigenvalue weighted by molar-refractivity contribution is -0.671. The quantitative estimate of drug-likeness (QED) is 0.370. The summed E-state index contributed by atoms with van der Waals surface area (Å²) in [5, 5.41) is 0. The van der Waals surface area contributed by atoms with Gasteiger partial charge in [-0.05, 0) is 25.7 Å². The standard InChI is InChI=1S/C14H27N2O3P/c1-15-11-12-16(14-15)10-8-6-4-2-3-5-7-9-13-20(17,18)19/h11-12,14H,2-10,13H2,1H3,(H-,17,18,19)/p+1. The van der Waals surface area contributed by atoms with Crippen molar-refractivity contribution in [2.24, 2.45) is 7.05 Å². The van der Waals surface area contributed by atoms with E-state index >= 15 is 0 Å². The summed E-state index contributed by atoms with van der Waals surface area (Å²) in [5.74, 6) is 0. The first-order valence-corrected chi connectivity index (χ1v) is 9.33. The summed E-state index contributed by atoms with van der Waals surface area (Å²) in [4.78, 5) is 28.1. The molecule has 0 aliphatic rings. The fraction of sp³-hybridized carbons (Fsp3) is 0.786. The van der Waals surface area contributed by atoms with E-state index in [0.717, 1.165) is 19.4 Å². The molecule has 6 heteroatoms. The van der Waals surface area contributed by atoms with Crippen molar-refractivity contribution in [1.29, 1.82) is 0 Å². The average Bonchev–Trinajstić information content (AvgIpc) is 2.76. The highest BCUT2D eigenvalue weighted by Crippen LogP contribution is 2.39. The zero-order valence-electron chi connectivity index (χ0n) is 12.4. The molecule has 0 spiro atoms. The van der Waals surface area contributed by atoms with E-state index in [-0.39, 0.29) is 6.16 Å². The minimum atomic E-state index is -3.77. The van der Waals surface area contributed by atoms with Gasteiger partial charge in [-0.3, -0.25) is 0 Å². The molecule has 0 saturated heterocycles. The summed E-state index contributed by atoms with van der Waals surface area (Å²) >= 11 is 0. The maximum Gasteiger partial charge on any atom is 0.243 e. The molecule has 116 valence electrons. The van der Waals surface area contributed by atoms with E-state index < -0.39 is 7.94 Å². The van der Waals surface area contributed by atoms with E-state index in [1.165, 1.54) is 32.1 Å². The Morgan fingerprint density at radius 3 is 2.05 bits per heavy atom. The van der Waals surface area contributed by atoms with E-state index in [4.69, 9.17) is 9.79 Å². The largest absolute Gasteiger partial charge is 0.632 e. The second-order valence-corrected chi connectivity index (χ2v) is 7.31. The van der Waals surface area contributed by atoms with E-state index in [0.29, 0.717) is 6.42 Å². The normalized spacial score (nSPS) is 12.0. The van der Waals surface area contributed by atoms with Crippen molar-refractivity contribution in [3.63, 3.8) is 0 Å². The average molecular weight is 303 g/mol. The number of aromatic nitrogens is 2. The highest BCUT2D eigenvalue weighted by atomic mass is 31.2. The van der Waals surface area contributed by atoms with E-state index in [1.807, 2.05) is 7.05 Å². The zero-order chi connectivity index (χ0) is 14.8. The van der Waals surface area contributed by atoms with Gasteiger partial charge in [-0.2, -0.15) is 0 Å². The van der Waals surface area contributed by atoms with Crippen LogP contribution < -0.4 is 9.46 Å². The molecule has 20 heavy (non-hydrogen) atoms. The number of hydrogen-bond acceptors (Lipinski definition) is 3. The number of aryl methyl sites for hydroxylation is 2. The van der Waals surface area contributed by atoms with Gasteiger partial charge >= 0.3 is 0 Å². The number of unbranched alkanes of at least 4 members (excludes halogenated alkanes) is 7. The van der Waals surface area contributed by atoms with Crippen LogP contribution in [0.1, 0.15) is 51.4 Å². The van der Waals surface area contributed by atoms with E-state index in [9.17, 15) is 4.89 Å². The van der Waals surface area contributed by atoms with Gasteiger partial charge in [0.05, 0.1) is 13.6 Å². The summed E-state index contributed by atoms with van der Waals surface area (Å²) in [6, 6.07) is 0. The minimum absolute atomic E-state index is 0.0430. The summed E-state index contributed by atoms with van der Waals surface area (Å²) in [5.41, 5.74) is 0. The maximum atomic E-state index is 10.6. The van der Waals surface area contributed by atoms with Crippen LogP contribution in [0.5, 0.6) is 0 Å². The topological polar surface area (TPSA) is 72.3 Å². The molecule has 1 aromatic rings. The molecule has 0 radical (unpaired) electrons. The number of nitrogens with zero attached hydrogens (tertiary/aromatic N) is 2. The molecule has 0 aromatic carbocycles. The number of rotatable bonds is 11. The van der Waals surface area contributed by atoms with Gasteiger partial charge in [0, 0.05) is 0 Å². The second-order valence-electron chi connectivity index (χ2n) is 5.53. The van der Waals surface area contributed by atoms with Crippen molar-refractivity contribution >= 4 is 7.94 Å². The smallest absolute Gasteiger partial charge is 0.243 e. The third kappa shape index (κ3) is 9.43. The molecule has 0 fully saturated rings. The van der Waals surface area contributed by atoms with Crippen LogP contribution in [0.4, 0.5) is 0 Å². The van der Waals surface area contributed by atoms with Crippen LogP contribution in [0.3, 0.4) is 0 Å². The van der Waals surface area contributed by atoms with Crippen LogP contribution in [0, 0.1) is 0 Å². The predicted molar refractivity (Wildman–Crippen MR) is 78.8 cm³/mol. The van der Waals surface area contributed by atoms with Gasteiger partial charge in [0.2, 0.25) is 14.3 Å². The molecule has 1 heterocycles. The van der Waals surface area contributed by atoms with Gasteiger partial charge in [-0.25, -0.2) is 18.9 Å². The highest BCUT2D eigenvalue weighted by Gasteiger charge is 2.16. The zero-order valence-corrected chi connectivity index (χ0v) is 13.3. The van der Waals surface area contributed by atoms with Crippen LogP contribution >= 0.6 is 7.94 Å². The van der Waals surface area contributed by atoms with E-state index in [2.05, 4.69) is 27.9 Å². The molecule has 5 nitrogen and oxygen atoms in total. The summed E-state index contributed by atoms with van der Waals surface area (Å²) in [7, 11) is -1.74. The number of hydrogen-bond donors (Lipinski definition) is 2. The van der Waals surface area contributed by atoms with Crippen LogP contribution in [0.2, 0.25) is 0 Å². The molecule has 1 aromatic heterocycles. The first kappa shape index (κ1) is 17.6. The van der Waals surface area contributed by atoms with Crippen molar-refractivity contribution in [2.75, 3.05) is 6.16 Å². The van der Waals surface area contributed by atoms with Gasteiger partial charge in [-0.15, -0.1) is 0 Å². The van der Waals surface area contributed by atoms with Crippen LogP contribution in [0.15, 0.2) is 18.7 Å². The molecular weight excluding hydrogens is 275 g/mol. The molecule has 0 amide bonds. The van der Waals surface area contributed by atoms with Crippen molar-refractivity contribution < 1.29 is 19.2 Å². The Hall–Kier alpha value is -0.480. The highest BCUT2D eigenvalue weighted by molar-refractivity contribution is 7.57. The molecule has 0 bridgehead atoms. The number of imidazole rings is 1. The Morgan fingerprint density at radius 1 is 1.00 bits per heavy atom. The molecule has 0 aliphatic heterocycles. The third-order valence-corrected chi connectivity index (χ3v) is 4.34. The lowest BCUT2D eigenvalue weighted by Gasteiger charge is -2.14. The fourth-order valence-corrected chi connectivity index (χ4v) is 2.94. The van der Waals surface area contributed by atoms with Gasteiger partial charge < -0.3 is 4.89 Å². The maximum absolute atomic E-state index is 10.6. The molecule has 1 rings (SSSR count). The second kappa shape index (κ2) is 9.46. The first-order valence-electron chi connectivity index (χ1n) is 7.53. The first-order chi connectivity index (χ1) is 9.47. The molecule has 2 N–H and O–H groups in total. The minimum Gasteiger partial charge on any atom is -0.632 e. The Bertz CT molecular complexity index is 364. The molecule has 0 atom stereocenters. The predicted octanol–water partition coefficient (Wildman–Crippen LogP) is 1.54. The summed E-state index contributed by atoms with van der Waals surface area (Å²) in [6.07, 6.45) is 15.1. The Labute approximate surface area is 122 Å². The molecule has 0 saturated carbocycles. The third-order valence-electron chi connectivity index (χ3n) is 3.44. The Morgan fingerprint density at radius 2 is 1.55 bits per heavy atom. The molecule has 0 aliphatic carbocycles. The lowest BCUT2D eigenvalue weighted by atomic mass is 10.1. The van der Waals surface area contributed by atoms with Crippen molar-refractivity contribution in [3.8, 4) is 0 Å². The van der Waals surface area contributed by atoms with Gasteiger partial charge in [0.15, 0.2) is 0 Å². The van der Waals surface area contributed by atoms with Crippen molar-refractivity contribution in [3.05, 3.63) is 18.7 Å². The monoisotopic (exact) mass is 303 g/mol. The summed E-state index contributed by atoms with van der Waals surface area (Å²) in [6.45, 7) is 1.09. The Kier molecular flexibility index (Phi) is 8.31. The van der Waals surface area contributed by atoms with E-state index in [1.54, 1.807) is 0 Å². The summed E-state index contributed by atoms with van der Waals surface area (Å²) < 4.78 is 4.26. The molecule has 0 unspecified atom stereocenters. The van der Waals surface area contributed by atoms with Crippen molar-refractivity contribution in [2.45, 2.75) is 57.9 Å². The van der Waals surface area contributed by atoms with Gasteiger partial charge in [0.1, 0.15) is 18.6 Å². The van der Waals surface area contributed by atoms with Crippen LogP contribution in [-0.2, 0) is 13.6 Å². The van der Waals surface area contributed by atoms with Gasteiger partial charge in [0.25, 0.3) is 0 Å². The van der Waals surface area contributed by atoms with Crippen LogP contribution in [0.25, 0.3) is 0 Å². The van der Waals surface area contributed by atoms with Crippen molar-refractivity contribution in [1.82, 2.24) is 4.57 Å². The SMILES string of the molecule is C[n+]1ccn(CCCCCCCCCC[P+]([O-])(O)O)c1. The molecular formula is C14H28N2O3P+. The van der Waals surface area contributed by atoms with Gasteiger partial charge in [-0.1, -0.05) is 25.7 Å². The van der Waals surface area contributed by atoms with Crippen LogP contribution in [-0.4, -0.2) is 20.5 Å². The Balaban J connectivity index is 1.83.